The lowest BCUT2D eigenvalue weighted by molar-refractivity contribution is 1.05. The summed E-state index contributed by atoms with van der Waals surface area (Å²) in [5.41, 5.74) is 4.09. The summed E-state index contributed by atoms with van der Waals surface area (Å²) in [4.78, 5) is 0. The van der Waals surface area contributed by atoms with Crippen molar-refractivity contribution >= 4 is 45.2 Å². The molecule has 1 aromatic heterocycles. The first kappa shape index (κ1) is 19.0. The van der Waals surface area contributed by atoms with E-state index in [1.807, 2.05) is 72.8 Å². The molecule has 0 radical (unpaired) electrons. The highest BCUT2D eigenvalue weighted by atomic mass is 32.1. The number of benzene rings is 3. The van der Waals surface area contributed by atoms with Crippen LogP contribution < -0.4 is 16.0 Å². The molecule has 0 fully saturated rings. The van der Waals surface area contributed by atoms with Crippen molar-refractivity contribution in [3.63, 3.8) is 0 Å². The number of hydrogen-bond donors (Lipinski definition) is 3. The van der Waals surface area contributed by atoms with Crippen molar-refractivity contribution in [3.8, 4) is 10.6 Å². The molecule has 3 aromatic carbocycles. The summed E-state index contributed by atoms with van der Waals surface area (Å²) in [6.07, 6.45) is 0. The number of rotatable bonds is 6. The lowest BCUT2D eigenvalue weighted by Crippen LogP contribution is -2.18. The Morgan fingerprint density at radius 2 is 1.38 bits per heavy atom. The third-order valence-corrected chi connectivity index (χ3v) is 5.27. The molecule has 0 bridgehead atoms. The van der Waals surface area contributed by atoms with Crippen LogP contribution in [0.25, 0.3) is 10.6 Å². The van der Waals surface area contributed by atoms with Crippen molar-refractivity contribution in [3.05, 3.63) is 90.5 Å². The van der Waals surface area contributed by atoms with Crippen molar-refractivity contribution in [2.75, 3.05) is 16.0 Å². The molecule has 0 amide bonds. The van der Waals surface area contributed by atoms with Gasteiger partial charge < -0.3 is 16.0 Å². The maximum atomic E-state index is 5.37. The van der Waals surface area contributed by atoms with Crippen LogP contribution in [0.1, 0.15) is 5.56 Å². The van der Waals surface area contributed by atoms with Crippen LogP contribution in [-0.2, 0) is 6.54 Å². The first-order valence-corrected chi connectivity index (χ1v) is 10.3. The molecular weight excluding hydrogens is 398 g/mol. The lowest BCUT2D eigenvalue weighted by Gasteiger charge is -2.10. The van der Waals surface area contributed by atoms with E-state index in [0.29, 0.717) is 5.11 Å². The molecule has 4 aromatic rings. The van der Waals surface area contributed by atoms with E-state index in [0.717, 1.165) is 33.6 Å². The Kier molecular flexibility index (Phi) is 6.09. The van der Waals surface area contributed by atoms with Gasteiger partial charge in [0.05, 0.1) is 0 Å². The summed E-state index contributed by atoms with van der Waals surface area (Å²) >= 11 is 6.90. The molecule has 7 heteroatoms. The quantitative estimate of drug-likeness (QED) is 0.354. The molecule has 0 spiro atoms. The number of para-hydroxylation sites is 1. The van der Waals surface area contributed by atoms with Crippen LogP contribution in [0.4, 0.5) is 16.5 Å². The highest BCUT2D eigenvalue weighted by Gasteiger charge is 2.07. The summed E-state index contributed by atoms with van der Waals surface area (Å²) in [5, 5.41) is 20.4. The minimum Gasteiger partial charge on any atom is -0.356 e. The van der Waals surface area contributed by atoms with Crippen molar-refractivity contribution in [2.45, 2.75) is 6.54 Å². The summed E-state index contributed by atoms with van der Waals surface area (Å²) in [7, 11) is 0. The minimum atomic E-state index is 0.548. The van der Waals surface area contributed by atoms with Gasteiger partial charge in [0.1, 0.15) is 5.01 Å². The predicted molar refractivity (Wildman–Crippen MR) is 125 cm³/mol. The topological polar surface area (TPSA) is 61.9 Å². The third kappa shape index (κ3) is 5.37. The van der Waals surface area contributed by atoms with Gasteiger partial charge in [-0.2, -0.15) is 0 Å². The van der Waals surface area contributed by atoms with E-state index in [9.17, 15) is 0 Å². The molecule has 5 nitrogen and oxygen atoms in total. The Morgan fingerprint density at radius 1 is 0.759 bits per heavy atom. The second kappa shape index (κ2) is 9.27. The zero-order valence-corrected chi connectivity index (χ0v) is 17.1. The Morgan fingerprint density at radius 3 is 2.07 bits per heavy atom. The van der Waals surface area contributed by atoms with E-state index in [1.54, 1.807) is 0 Å². The Bertz CT molecular complexity index is 1060. The monoisotopic (exact) mass is 417 g/mol. The minimum absolute atomic E-state index is 0.548. The van der Waals surface area contributed by atoms with Crippen molar-refractivity contribution in [2.24, 2.45) is 0 Å². The molecule has 1 heterocycles. The maximum absolute atomic E-state index is 5.37. The highest BCUT2D eigenvalue weighted by Crippen LogP contribution is 2.27. The van der Waals surface area contributed by atoms with Crippen LogP contribution in [0.3, 0.4) is 0 Å². The number of nitrogens with zero attached hydrogens (tertiary/aromatic N) is 2. The zero-order valence-electron chi connectivity index (χ0n) is 15.5. The molecule has 144 valence electrons. The van der Waals surface area contributed by atoms with E-state index in [-0.39, 0.29) is 0 Å². The molecule has 0 saturated carbocycles. The predicted octanol–water partition coefficient (Wildman–Crippen LogP) is 5.63. The fourth-order valence-electron chi connectivity index (χ4n) is 2.70. The van der Waals surface area contributed by atoms with E-state index >= 15 is 0 Å². The van der Waals surface area contributed by atoms with Gasteiger partial charge in [0.25, 0.3) is 0 Å². The fraction of sp³-hybridized carbons (Fsp3) is 0.0455. The first-order chi connectivity index (χ1) is 14.3. The number of anilines is 3. The van der Waals surface area contributed by atoms with E-state index < -0.39 is 0 Å². The van der Waals surface area contributed by atoms with Gasteiger partial charge in [-0.1, -0.05) is 59.9 Å². The van der Waals surface area contributed by atoms with Gasteiger partial charge in [0.15, 0.2) is 5.11 Å². The smallest absolute Gasteiger partial charge is 0.206 e. The fourth-order valence-corrected chi connectivity index (χ4v) is 3.68. The average molecular weight is 418 g/mol. The molecule has 0 saturated heterocycles. The molecular formula is C22H19N5S2. The van der Waals surface area contributed by atoms with E-state index in [4.69, 9.17) is 12.2 Å². The molecule has 3 N–H and O–H groups in total. The maximum Gasteiger partial charge on any atom is 0.206 e. The average Bonchev–Trinajstić information content (AvgIpc) is 3.23. The van der Waals surface area contributed by atoms with Gasteiger partial charge in [-0.25, -0.2) is 0 Å². The summed E-state index contributed by atoms with van der Waals surface area (Å²) in [5.74, 6) is 0. The van der Waals surface area contributed by atoms with Gasteiger partial charge in [-0.05, 0) is 54.2 Å². The molecule has 0 aliphatic heterocycles. The van der Waals surface area contributed by atoms with Crippen molar-refractivity contribution in [1.82, 2.24) is 10.2 Å². The summed E-state index contributed by atoms with van der Waals surface area (Å²) in [6.45, 7) is 0.726. The number of nitrogens with one attached hydrogen (secondary N) is 3. The van der Waals surface area contributed by atoms with E-state index in [1.165, 1.54) is 16.9 Å². The van der Waals surface area contributed by atoms with Gasteiger partial charge in [-0.3, -0.25) is 0 Å². The molecule has 4 rings (SSSR count). The molecule has 0 aliphatic carbocycles. The second-order valence-electron chi connectivity index (χ2n) is 6.27. The van der Waals surface area contributed by atoms with Gasteiger partial charge in [-0.15, -0.1) is 10.2 Å². The summed E-state index contributed by atoms with van der Waals surface area (Å²) < 4.78 is 0. The molecule has 29 heavy (non-hydrogen) atoms. The molecule has 0 aliphatic rings. The second-order valence-corrected chi connectivity index (χ2v) is 7.66. The van der Waals surface area contributed by atoms with Gasteiger partial charge in [0, 0.05) is 23.5 Å². The highest BCUT2D eigenvalue weighted by molar-refractivity contribution is 7.80. The Hall–Kier alpha value is -3.29. The normalized spacial score (nSPS) is 10.3. The van der Waals surface area contributed by atoms with Gasteiger partial charge >= 0.3 is 0 Å². The third-order valence-electron chi connectivity index (χ3n) is 4.13. The van der Waals surface area contributed by atoms with Gasteiger partial charge in [0.2, 0.25) is 5.13 Å². The van der Waals surface area contributed by atoms with Crippen LogP contribution >= 0.6 is 23.6 Å². The number of thiocarbonyl (C=S) groups is 1. The standard InChI is InChI=1S/C22H19N5S2/c28-21(24-18-9-5-2-6-10-18)25-19-13-11-17(12-14-19)20-26-27-22(29-20)23-15-16-7-3-1-4-8-16/h1-14H,15H2,(H,23,27)(H2,24,25,28). The molecule has 0 unspecified atom stereocenters. The van der Waals surface area contributed by atoms with Crippen molar-refractivity contribution < 1.29 is 0 Å². The number of aromatic nitrogens is 2. The number of hydrogen-bond acceptors (Lipinski definition) is 5. The lowest BCUT2D eigenvalue weighted by atomic mass is 10.2. The first-order valence-electron chi connectivity index (χ1n) is 9.11. The van der Waals surface area contributed by atoms with Crippen LogP contribution in [0.5, 0.6) is 0 Å². The largest absolute Gasteiger partial charge is 0.356 e. The Labute approximate surface area is 178 Å². The van der Waals surface area contributed by atoms with Crippen LogP contribution in [-0.4, -0.2) is 15.3 Å². The van der Waals surface area contributed by atoms with Crippen LogP contribution in [0.2, 0.25) is 0 Å². The molecule has 0 atom stereocenters. The zero-order chi connectivity index (χ0) is 19.9. The van der Waals surface area contributed by atoms with Crippen LogP contribution in [0, 0.1) is 0 Å². The van der Waals surface area contributed by atoms with Crippen molar-refractivity contribution in [1.29, 1.82) is 0 Å². The van der Waals surface area contributed by atoms with Crippen LogP contribution in [0.15, 0.2) is 84.9 Å². The van der Waals surface area contributed by atoms with E-state index in [2.05, 4.69) is 38.3 Å². The Balaban J connectivity index is 1.34. The SMILES string of the molecule is S=C(Nc1ccccc1)Nc1ccc(-c2nnc(NCc3ccccc3)s2)cc1. The summed E-state index contributed by atoms with van der Waals surface area (Å²) in [6, 6.07) is 28.0.